The number of rotatable bonds is 4. The summed E-state index contributed by atoms with van der Waals surface area (Å²) in [6.45, 7) is 0. The van der Waals surface area contributed by atoms with E-state index >= 15 is 4.39 Å². The Labute approximate surface area is 160 Å². The zero-order chi connectivity index (χ0) is 19.1. The number of hydrogen-bond donors (Lipinski definition) is 2. The zero-order valence-corrected chi connectivity index (χ0v) is 15.0. The summed E-state index contributed by atoms with van der Waals surface area (Å²) in [5.41, 5.74) is -0.188. The number of halogens is 2. The molecule has 3 fully saturated rings. The minimum Gasteiger partial charge on any atom is -0.481 e. The third-order valence-electron chi connectivity index (χ3n) is 5.78. The van der Waals surface area contributed by atoms with Gasteiger partial charge in [0.25, 0.3) is 0 Å². The Morgan fingerprint density at radius 1 is 1.37 bits per heavy atom. The van der Waals surface area contributed by atoms with Crippen molar-refractivity contribution in [2.45, 2.75) is 31.7 Å². The number of pyridine rings is 1. The average Bonchev–Trinajstić information content (AvgIpc) is 3.19. The molecule has 2 N–H and O–H groups in total. The van der Waals surface area contributed by atoms with Gasteiger partial charge in [-0.25, -0.2) is 9.37 Å². The van der Waals surface area contributed by atoms with E-state index in [1.54, 1.807) is 6.07 Å². The van der Waals surface area contributed by atoms with E-state index in [0.29, 0.717) is 0 Å². The Morgan fingerprint density at radius 2 is 2.07 bits per heavy atom. The van der Waals surface area contributed by atoms with Gasteiger partial charge in [0.05, 0.1) is 17.7 Å². The SMILES string of the molecule is N#Cc1c(Cl)nc(NC2C3CCC(CC3)C2C(=O)O)c(F)c1-c1ccco1. The highest BCUT2D eigenvalue weighted by Gasteiger charge is 2.47. The highest BCUT2D eigenvalue weighted by Crippen LogP contribution is 2.47. The van der Waals surface area contributed by atoms with Crippen molar-refractivity contribution in [2.24, 2.45) is 17.8 Å². The Hall–Kier alpha value is -2.59. The predicted octanol–water partition coefficient (Wildman–Crippen LogP) is 4.31. The zero-order valence-electron chi connectivity index (χ0n) is 14.3. The van der Waals surface area contributed by atoms with Gasteiger partial charge >= 0.3 is 5.97 Å². The largest absolute Gasteiger partial charge is 0.481 e. The predicted molar refractivity (Wildman–Crippen MR) is 95.6 cm³/mol. The number of furan rings is 1. The van der Waals surface area contributed by atoms with Crippen molar-refractivity contribution >= 4 is 23.4 Å². The van der Waals surface area contributed by atoms with Gasteiger partial charge in [-0.2, -0.15) is 5.26 Å². The molecule has 2 unspecified atom stereocenters. The van der Waals surface area contributed by atoms with Gasteiger partial charge in [-0.05, 0) is 49.7 Å². The molecule has 2 heterocycles. The van der Waals surface area contributed by atoms with Crippen LogP contribution in [0.5, 0.6) is 0 Å². The van der Waals surface area contributed by atoms with Crippen LogP contribution in [0.25, 0.3) is 11.3 Å². The fourth-order valence-corrected chi connectivity index (χ4v) is 4.78. The number of aromatic nitrogens is 1. The number of nitrogens with zero attached hydrogens (tertiary/aromatic N) is 2. The van der Waals surface area contributed by atoms with Crippen molar-refractivity contribution in [1.82, 2.24) is 4.98 Å². The highest BCUT2D eigenvalue weighted by atomic mass is 35.5. The van der Waals surface area contributed by atoms with E-state index in [2.05, 4.69) is 10.3 Å². The molecule has 0 spiro atoms. The number of nitrogens with one attached hydrogen (secondary N) is 1. The molecular formula is C19H17ClFN3O3. The van der Waals surface area contributed by atoms with Crippen LogP contribution in [-0.2, 0) is 4.79 Å². The second kappa shape index (κ2) is 6.86. The van der Waals surface area contributed by atoms with Crippen LogP contribution < -0.4 is 5.32 Å². The summed E-state index contributed by atoms with van der Waals surface area (Å²) in [5, 5.41) is 21.9. The number of fused-ring (bicyclic) bond motifs is 3. The van der Waals surface area contributed by atoms with Crippen LogP contribution in [0.4, 0.5) is 10.2 Å². The molecule has 3 saturated carbocycles. The van der Waals surface area contributed by atoms with Crippen molar-refractivity contribution in [1.29, 1.82) is 5.26 Å². The molecule has 8 heteroatoms. The van der Waals surface area contributed by atoms with Crippen molar-refractivity contribution in [2.75, 3.05) is 5.32 Å². The molecule has 3 aliphatic rings. The van der Waals surface area contributed by atoms with Crippen LogP contribution in [0, 0.1) is 34.9 Å². The first-order valence-electron chi connectivity index (χ1n) is 8.83. The van der Waals surface area contributed by atoms with E-state index in [1.165, 1.54) is 12.3 Å². The molecule has 2 bridgehead atoms. The lowest BCUT2D eigenvalue weighted by atomic mass is 9.61. The molecule has 2 atom stereocenters. The van der Waals surface area contributed by atoms with Gasteiger partial charge in [0, 0.05) is 6.04 Å². The minimum absolute atomic E-state index is 0.0714. The summed E-state index contributed by atoms with van der Waals surface area (Å²) in [7, 11) is 0. The van der Waals surface area contributed by atoms with Crippen LogP contribution in [0.15, 0.2) is 22.8 Å². The second-order valence-corrected chi connectivity index (χ2v) is 7.47. The molecule has 0 aromatic carbocycles. The Morgan fingerprint density at radius 3 is 2.67 bits per heavy atom. The van der Waals surface area contributed by atoms with Crippen LogP contribution >= 0.6 is 11.6 Å². The van der Waals surface area contributed by atoms with Gasteiger partial charge in [-0.15, -0.1) is 0 Å². The molecule has 0 radical (unpaired) electrons. The Balaban J connectivity index is 1.77. The van der Waals surface area contributed by atoms with Gasteiger partial charge in [0.1, 0.15) is 22.5 Å². The summed E-state index contributed by atoms with van der Waals surface area (Å²) < 4.78 is 20.5. The van der Waals surface area contributed by atoms with Crippen LogP contribution in [0.2, 0.25) is 5.15 Å². The molecule has 2 aromatic heterocycles. The lowest BCUT2D eigenvalue weighted by Gasteiger charge is -2.47. The Kier molecular flexibility index (Phi) is 4.52. The molecule has 140 valence electrons. The molecule has 2 aromatic rings. The van der Waals surface area contributed by atoms with Gasteiger partial charge < -0.3 is 14.8 Å². The summed E-state index contributed by atoms with van der Waals surface area (Å²) in [6, 6.07) is 4.55. The number of carbonyl (C=O) groups is 1. The van der Waals surface area contributed by atoms with Crippen LogP contribution in [0.3, 0.4) is 0 Å². The van der Waals surface area contributed by atoms with E-state index < -0.39 is 23.7 Å². The fraction of sp³-hybridized carbons (Fsp3) is 0.421. The van der Waals surface area contributed by atoms with E-state index in [9.17, 15) is 15.2 Å². The van der Waals surface area contributed by atoms with Crippen LogP contribution in [0.1, 0.15) is 31.2 Å². The first kappa shape index (κ1) is 17.8. The van der Waals surface area contributed by atoms with Crippen LogP contribution in [-0.4, -0.2) is 22.1 Å². The topological polar surface area (TPSA) is 99.2 Å². The van der Waals surface area contributed by atoms with E-state index in [-0.39, 0.29) is 39.7 Å². The first-order chi connectivity index (χ1) is 13.0. The number of anilines is 1. The molecule has 5 rings (SSSR count). The molecule has 27 heavy (non-hydrogen) atoms. The summed E-state index contributed by atoms with van der Waals surface area (Å²) in [4.78, 5) is 15.8. The molecule has 3 aliphatic carbocycles. The van der Waals surface area contributed by atoms with Crippen molar-refractivity contribution in [3.63, 3.8) is 0 Å². The number of hydrogen-bond acceptors (Lipinski definition) is 5. The van der Waals surface area contributed by atoms with Gasteiger partial charge in [-0.3, -0.25) is 4.79 Å². The lowest BCUT2D eigenvalue weighted by molar-refractivity contribution is -0.148. The maximum Gasteiger partial charge on any atom is 0.308 e. The van der Waals surface area contributed by atoms with E-state index in [4.69, 9.17) is 16.0 Å². The average molecular weight is 390 g/mol. The quantitative estimate of drug-likeness (QED) is 0.756. The molecule has 6 nitrogen and oxygen atoms in total. The smallest absolute Gasteiger partial charge is 0.308 e. The molecule has 0 aliphatic heterocycles. The highest BCUT2D eigenvalue weighted by molar-refractivity contribution is 6.31. The number of carboxylic acid groups (broad SMARTS) is 1. The van der Waals surface area contributed by atoms with Gasteiger partial charge in [0.2, 0.25) is 0 Å². The number of aliphatic carboxylic acids is 1. The molecule has 0 amide bonds. The third kappa shape index (κ3) is 2.94. The van der Waals surface area contributed by atoms with Gasteiger partial charge in [0.15, 0.2) is 11.6 Å². The van der Waals surface area contributed by atoms with Crippen molar-refractivity contribution < 1.29 is 18.7 Å². The maximum atomic E-state index is 15.2. The van der Waals surface area contributed by atoms with Crippen molar-refractivity contribution in [3.05, 3.63) is 34.9 Å². The Bertz CT molecular complexity index is 917. The fourth-order valence-electron chi connectivity index (χ4n) is 4.55. The normalized spacial score (nSPS) is 26.6. The maximum absolute atomic E-state index is 15.2. The summed E-state index contributed by atoms with van der Waals surface area (Å²) >= 11 is 6.12. The first-order valence-corrected chi connectivity index (χ1v) is 9.21. The van der Waals surface area contributed by atoms with Gasteiger partial charge in [-0.1, -0.05) is 11.6 Å². The third-order valence-corrected chi connectivity index (χ3v) is 6.05. The molecule has 0 saturated heterocycles. The number of carboxylic acids is 1. The van der Waals surface area contributed by atoms with Crippen molar-refractivity contribution in [3.8, 4) is 17.4 Å². The lowest BCUT2D eigenvalue weighted by Crippen LogP contribution is -2.51. The summed E-state index contributed by atoms with van der Waals surface area (Å²) in [6.07, 6.45) is 4.94. The van der Waals surface area contributed by atoms with E-state index in [0.717, 1.165) is 25.7 Å². The van der Waals surface area contributed by atoms with E-state index in [1.807, 2.05) is 6.07 Å². The standard InChI is InChI=1S/C19H17ClFN3O3/c20-17-11(8-22)14(12-2-1-7-27-12)15(21)18(24-17)23-16-10-5-3-9(4-6-10)13(16)19(25)26/h1-2,7,9-10,13,16H,3-6H2,(H,23,24)(H,25,26). The monoisotopic (exact) mass is 389 g/mol. The molecular weight excluding hydrogens is 373 g/mol. The minimum atomic E-state index is -0.881. The second-order valence-electron chi connectivity index (χ2n) is 7.11. The summed E-state index contributed by atoms with van der Waals surface area (Å²) in [5.74, 6) is -2.01. The number of nitriles is 1.